The fraction of sp³-hybridized carbons (Fsp3) is 0.333. The van der Waals surface area contributed by atoms with E-state index in [1.165, 1.54) is 12.1 Å². The molecule has 0 aliphatic carbocycles. The Hall–Kier alpha value is -1.82. The minimum Gasteiger partial charge on any atom is -0.480 e. The van der Waals surface area contributed by atoms with Gasteiger partial charge in [0.15, 0.2) is 0 Å². The molecule has 0 aliphatic rings. The van der Waals surface area contributed by atoms with Crippen molar-refractivity contribution in [1.82, 2.24) is 5.32 Å². The Morgan fingerprint density at radius 2 is 2.16 bits per heavy atom. The van der Waals surface area contributed by atoms with Gasteiger partial charge in [-0.3, -0.25) is 0 Å². The number of carbonyl (C=O) groups is 2. The van der Waals surface area contributed by atoms with Crippen LogP contribution in [-0.2, 0) is 4.79 Å². The lowest BCUT2D eigenvalue weighted by Gasteiger charge is -2.15. The van der Waals surface area contributed by atoms with Crippen LogP contribution < -0.4 is 10.6 Å². The van der Waals surface area contributed by atoms with E-state index in [-0.39, 0.29) is 17.1 Å². The Balaban J connectivity index is 2.72. The van der Waals surface area contributed by atoms with Gasteiger partial charge in [0.2, 0.25) is 0 Å². The number of carboxylic acid groups (broad SMARTS) is 1. The molecule has 0 heterocycles. The summed E-state index contributed by atoms with van der Waals surface area (Å²) in [5.41, 5.74) is -0.178. The predicted octanol–water partition coefficient (Wildman–Crippen LogP) is 2.85. The number of amides is 2. The molecule has 104 valence electrons. The Morgan fingerprint density at radius 3 is 2.68 bits per heavy atom. The van der Waals surface area contributed by atoms with Crippen LogP contribution in [-0.4, -0.2) is 23.1 Å². The molecule has 1 atom stereocenters. The lowest BCUT2D eigenvalue weighted by atomic mass is 10.2. The number of nitrogens with one attached hydrogen (secondary N) is 2. The zero-order chi connectivity index (χ0) is 14.4. The molecule has 0 fully saturated rings. The van der Waals surface area contributed by atoms with Gasteiger partial charge >= 0.3 is 12.0 Å². The Labute approximate surface area is 114 Å². The standard InChI is InChI=1S/C12H14ClFN2O3/c1-2-4-9(11(17)18)15-12(19)16-10-7(13)5-3-6-8(10)14/h3,5-6,9H,2,4H2,1H3,(H,17,18)(H2,15,16,19)/t9-/m1/s1. The highest BCUT2D eigenvalue weighted by Gasteiger charge is 2.19. The highest BCUT2D eigenvalue weighted by molar-refractivity contribution is 6.33. The first-order valence-corrected chi connectivity index (χ1v) is 6.07. The third-order valence-corrected chi connectivity index (χ3v) is 2.70. The maximum Gasteiger partial charge on any atom is 0.326 e. The maximum absolute atomic E-state index is 13.4. The number of anilines is 1. The van der Waals surface area contributed by atoms with E-state index in [0.29, 0.717) is 6.42 Å². The smallest absolute Gasteiger partial charge is 0.326 e. The van der Waals surface area contributed by atoms with E-state index >= 15 is 0 Å². The van der Waals surface area contributed by atoms with Gasteiger partial charge in [-0.1, -0.05) is 31.0 Å². The maximum atomic E-state index is 13.4. The molecule has 3 N–H and O–H groups in total. The van der Waals surface area contributed by atoms with Gasteiger partial charge in [0.25, 0.3) is 0 Å². The first-order chi connectivity index (χ1) is 8.95. The van der Waals surface area contributed by atoms with Gasteiger partial charge in [-0.25, -0.2) is 14.0 Å². The molecule has 7 heteroatoms. The number of halogens is 2. The van der Waals surface area contributed by atoms with E-state index in [0.717, 1.165) is 6.07 Å². The van der Waals surface area contributed by atoms with Gasteiger partial charge in [-0.2, -0.15) is 0 Å². The van der Waals surface area contributed by atoms with E-state index in [1.54, 1.807) is 6.92 Å². The molecule has 0 aromatic heterocycles. The van der Waals surface area contributed by atoms with Crippen molar-refractivity contribution in [2.75, 3.05) is 5.32 Å². The van der Waals surface area contributed by atoms with E-state index in [1.807, 2.05) is 0 Å². The number of para-hydroxylation sites is 1. The Morgan fingerprint density at radius 1 is 1.47 bits per heavy atom. The van der Waals surface area contributed by atoms with Gasteiger partial charge < -0.3 is 15.7 Å². The van der Waals surface area contributed by atoms with Crippen molar-refractivity contribution >= 4 is 29.3 Å². The average Bonchev–Trinajstić information content (AvgIpc) is 2.33. The summed E-state index contributed by atoms with van der Waals surface area (Å²) in [6.07, 6.45) is 0.880. The summed E-state index contributed by atoms with van der Waals surface area (Å²) in [6.45, 7) is 1.79. The number of carboxylic acids is 1. The molecular formula is C12H14ClFN2O3. The molecule has 5 nitrogen and oxygen atoms in total. The minimum absolute atomic E-state index is 0.0394. The molecular weight excluding hydrogens is 275 g/mol. The first-order valence-electron chi connectivity index (χ1n) is 5.70. The number of carbonyl (C=O) groups excluding carboxylic acids is 1. The summed E-state index contributed by atoms with van der Waals surface area (Å²) in [5.74, 6) is -1.83. The van der Waals surface area contributed by atoms with Gasteiger partial charge in [0.05, 0.1) is 10.7 Å². The predicted molar refractivity (Wildman–Crippen MR) is 69.9 cm³/mol. The monoisotopic (exact) mass is 288 g/mol. The van der Waals surface area contributed by atoms with Crippen LogP contribution in [0.2, 0.25) is 5.02 Å². The largest absolute Gasteiger partial charge is 0.480 e. The number of benzene rings is 1. The van der Waals surface area contributed by atoms with Crippen molar-refractivity contribution in [1.29, 1.82) is 0 Å². The van der Waals surface area contributed by atoms with Crippen LogP contribution >= 0.6 is 11.6 Å². The van der Waals surface area contributed by atoms with E-state index in [9.17, 15) is 14.0 Å². The van der Waals surface area contributed by atoms with Crippen molar-refractivity contribution < 1.29 is 19.1 Å². The van der Waals surface area contributed by atoms with Gasteiger partial charge in [0.1, 0.15) is 11.9 Å². The fourth-order valence-corrected chi connectivity index (χ4v) is 1.68. The van der Waals surface area contributed by atoms with Crippen molar-refractivity contribution in [2.45, 2.75) is 25.8 Å². The molecule has 0 bridgehead atoms. The fourth-order valence-electron chi connectivity index (χ4n) is 1.47. The SMILES string of the molecule is CCC[C@@H](NC(=O)Nc1c(F)cccc1Cl)C(=O)O. The molecule has 0 radical (unpaired) electrons. The van der Waals surface area contributed by atoms with E-state index in [4.69, 9.17) is 16.7 Å². The van der Waals surface area contributed by atoms with Crippen LogP contribution in [0.15, 0.2) is 18.2 Å². The number of urea groups is 1. The van der Waals surface area contributed by atoms with Gasteiger partial charge in [-0.15, -0.1) is 0 Å². The topological polar surface area (TPSA) is 78.4 Å². The molecule has 0 unspecified atom stereocenters. The lowest BCUT2D eigenvalue weighted by molar-refractivity contribution is -0.139. The molecule has 0 saturated heterocycles. The third kappa shape index (κ3) is 4.40. The van der Waals surface area contributed by atoms with Crippen LogP contribution in [0.4, 0.5) is 14.9 Å². The molecule has 1 aromatic carbocycles. The molecule has 1 aromatic rings. The highest BCUT2D eigenvalue weighted by atomic mass is 35.5. The minimum atomic E-state index is -1.14. The van der Waals surface area contributed by atoms with E-state index < -0.39 is 23.9 Å². The summed E-state index contributed by atoms with van der Waals surface area (Å²) < 4.78 is 13.4. The molecule has 19 heavy (non-hydrogen) atoms. The molecule has 2 amide bonds. The second-order valence-electron chi connectivity index (χ2n) is 3.87. The summed E-state index contributed by atoms with van der Waals surface area (Å²) in [6, 6.07) is 2.13. The summed E-state index contributed by atoms with van der Waals surface area (Å²) in [4.78, 5) is 22.5. The highest BCUT2D eigenvalue weighted by Crippen LogP contribution is 2.24. The van der Waals surface area contributed by atoms with Crippen molar-refractivity contribution in [3.63, 3.8) is 0 Å². The molecule has 0 saturated carbocycles. The molecule has 0 spiro atoms. The first kappa shape index (κ1) is 15.2. The number of hydrogen-bond donors (Lipinski definition) is 3. The zero-order valence-electron chi connectivity index (χ0n) is 10.2. The van der Waals surface area contributed by atoms with Crippen LogP contribution in [0.5, 0.6) is 0 Å². The number of aliphatic carboxylic acids is 1. The summed E-state index contributed by atoms with van der Waals surface area (Å²) in [5, 5.41) is 13.4. The van der Waals surface area contributed by atoms with E-state index in [2.05, 4.69) is 10.6 Å². The third-order valence-electron chi connectivity index (χ3n) is 2.38. The lowest BCUT2D eigenvalue weighted by Crippen LogP contribution is -2.43. The quantitative estimate of drug-likeness (QED) is 0.779. The number of hydrogen-bond acceptors (Lipinski definition) is 2. The van der Waals surface area contributed by atoms with Crippen molar-refractivity contribution in [2.24, 2.45) is 0 Å². The Kier molecular flexibility index (Phi) is 5.57. The normalized spacial score (nSPS) is 11.7. The number of rotatable bonds is 5. The van der Waals surface area contributed by atoms with Gasteiger partial charge in [-0.05, 0) is 18.6 Å². The van der Waals surface area contributed by atoms with Gasteiger partial charge in [0, 0.05) is 0 Å². The van der Waals surface area contributed by atoms with Crippen molar-refractivity contribution in [3.8, 4) is 0 Å². The average molecular weight is 289 g/mol. The second-order valence-corrected chi connectivity index (χ2v) is 4.28. The zero-order valence-corrected chi connectivity index (χ0v) is 11.0. The Bertz CT molecular complexity index is 462. The van der Waals surface area contributed by atoms with Crippen LogP contribution in [0, 0.1) is 5.82 Å². The summed E-state index contributed by atoms with van der Waals surface area (Å²) in [7, 11) is 0. The van der Waals surface area contributed by atoms with Crippen molar-refractivity contribution in [3.05, 3.63) is 29.0 Å². The molecule has 1 rings (SSSR count). The van der Waals surface area contributed by atoms with Crippen LogP contribution in [0.3, 0.4) is 0 Å². The van der Waals surface area contributed by atoms with Crippen LogP contribution in [0.1, 0.15) is 19.8 Å². The summed E-state index contributed by atoms with van der Waals surface area (Å²) >= 11 is 5.74. The second kappa shape index (κ2) is 6.94. The molecule has 0 aliphatic heterocycles. The van der Waals surface area contributed by atoms with Crippen LogP contribution in [0.25, 0.3) is 0 Å².